The Morgan fingerprint density at radius 3 is 2.74 bits per heavy atom. The number of nitriles is 1. The Kier molecular flexibility index (Phi) is 5.79. The number of thioether (sulfide) groups is 1. The van der Waals surface area contributed by atoms with Crippen molar-refractivity contribution in [2.45, 2.75) is 19.0 Å². The van der Waals surface area contributed by atoms with E-state index in [1.807, 2.05) is 48.7 Å². The maximum atomic E-state index is 12.3. The summed E-state index contributed by atoms with van der Waals surface area (Å²) in [4.78, 5) is 12.3. The number of aromatic nitrogens is 3. The molecule has 0 aliphatic carbocycles. The van der Waals surface area contributed by atoms with Gasteiger partial charge in [-0.3, -0.25) is 9.36 Å². The summed E-state index contributed by atoms with van der Waals surface area (Å²) < 4.78 is 1.94. The van der Waals surface area contributed by atoms with Gasteiger partial charge in [0.05, 0.1) is 22.0 Å². The lowest BCUT2D eigenvalue weighted by Gasteiger charge is -2.11. The molecule has 0 fully saturated rings. The van der Waals surface area contributed by atoms with Crippen LogP contribution in [0.15, 0.2) is 47.6 Å². The van der Waals surface area contributed by atoms with E-state index in [0.717, 1.165) is 17.1 Å². The van der Waals surface area contributed by atoms with Crippen LogP contribution in [0, 0.1) is 25.2 Å². The minimum absolute atomic E-state index is 0.168. The zero-order valence-corrected chi connectivity index (χ0v) is 16.3. The number of nitrogens with zero attached hydrogens (tertiary/aromatic N) is 4. The van der Waals surface area contributed by atoms with Gasteiger partial charge in [-0.25, -0.2) is 0 Å². The van der Waals surface area contributed by atoms with Crippen LogP contribution < -0.4 is 5.32 Å². The molecule has 0 aliphatic heterocycles. The fraction of sp³-hybridized carbons (Fsp3) is 0.158. The molecule has 1 N–H and O–H groups in total. The number of carbonyl (C=O) groups excluding carboxylic acids is 1. The largest absolute Gasteiger partial charge is 0.325 e. The molecule has 6 nitrogen and oxygen atoms in total. The molecule has 0 aliphatic rings. The highest BCUT2D eigenvalue weighted by Gasteiger charge is 2.15. The van der Waals surface area contributed by atoms with Gasteiger partial charge in [-0.1, -0.05) is 41.6 Å². The predicted octanol–water partition coefficient (Wildman–Crippen LogP) is 4.14. The molecule has 136 valence electrons. The van der Waals surface area contributed by atoms with Crippen molar-refractivity contribution >= 4 is 35.0 Å². The van der Waals surface area contributed by atoms with E-state index in [-0.39, 0.29) is 11.7 Å². The highest BCUT2D eigenvalue weighted by molar-refractivity contribution is 7.99. The molecule has 2 aromatic carbocycles. The van der Waals surface area contributed by atoms with Crippen molar-refractivity contribution in [3.8, 4) is 11.8 Å². The number of nitrogens with one attached hydrogen (secondary N) is 1. The maximum absolute atomic E-state index is 12.3. The van der Waals surface area contributed by atoms with Crippen LogP contribution in [0.3, 0.4) is 0 Å². The Morgan fingerprint density at radius 1 is 1.26 bits per heavy atom. The lowest BCUT2D eigenvalue weighted by atomic mass is 10.2. The number of hydrogen-bond acceptors (Lipinski definition) is 5. The molecule has 0 saturated heterocycles. The maximum Gasteiger partial charge on any atom is 0.234 e. The fourth-order valence-electron chi connectivity index (χ4n) is 2.54. The molecule has 8 heteroatoms. The van der Waals surface area contributed by atoms with Gasteiger partial charge in [-0.2, -0.15) is 5.26 Å². The topological polar surface area (TPSA) is 83.6 Å². The first-order valence-electron chi connectivity index (χ1n) is 8.10. The van der Waals surface area contributed by atoms with Gasteiger partial charge in [0.1, 0.15) is 11.9 Å². The zero-order chi connectivity index (χ0) is 19.4. The lowest BCUT2D eigenvalue weighted by molar-refractivity contribution is -0.113. The summed E-state index contributed by atoms with van der Waals surface area (Å²) in [5, 5.41) is 21.0. The summed E-state index contributed by atoms with van der Waals surface area (Å²) in [7, 11) is 0. The summed E-state index contributed by atoms with van der Waals surface area (Å²) in [5.74, 6) is 0.727. The minimum atomic E-state index is -0.197. The fourth-order valence-corrected chi connectivity index (χ4v) is 3.55. The molecule has 0 radical (unpaired) electrons. The zero-order valence-electron chi connectivity index (χ0n) is 14.7. The number of amides is 1. The Labute approximate surface area is 166 Å². The van der Waals surface area contributed by atoms with Crippen LogP contribution in [0.2, 0.25) is 5.02 Å². The van der Waals surface area contributed by atoms with E-state index in [9.17, 15) is 4.79 Å². The van der Waals surface area contributed by atoms with Crippen molar-refractivity contribution in [3.05, 3.63) is 64.4 Å². The third-order valence-electron chi connectivity index (χ3n) is 3.86. The van der Waals surface area contributed by atoms with Gasteiger partial charge in [-0.15, -0.1) is 10.2 Å². The van der Waals surface area contributed by atoms with Gasteiger partial charge < -0.3 is 5.32 Å². The van der Waals surface area contributed by atoms with Crippen molar-refractivity contribution in [2.75, 3.05) is 11.1 Å². The van der Waals surface area contributed by atoms with Gasteiger partial charge in [0.25, 0.3) is 0 Å². The second kappa shape index (κ2) is 8.25. The number of benzene rings is 2. The number of rotatable bonds is 5. The summed E-state index contributed by atoms with van der Waals surface area (Å²) in [5.41, 5.74) is 2.99. The average molecular weight is 398 g/mol. The first kappa shape index (κ1) is 19.0. The van der Waals surface area contributed by atoms with Crippen LogP contribution in [0.1, 0.15) is 17.0 Å². The molecule has 0 bridgehead atoms. The molecule has 0 saturated carbocycles. The van der Waals surface area contributed by atoms with Gasteiger partial charge in [0, 0.05) is 5.69 Å². The normalized spacial score (nSPS) is 10.4. The monoisotopic (exact) mass is 397 g/mol. The molecule has 0 spiro atoms. The third kappa shape index (κ3) is 4.30. The lowest BCUT2D eigenvalue weighted by Crippen LogP contribution is -2.14. The molecule has 1 amide bonds. The molecule has 1 heterocycles. The van der Waals surface area contributed by atoms with Crippen LogP contribution in [0.25, 0.3) is 5.69 Å². The Morgan fingerprint density at radius 2 is 2.04 bits per heavy atom. The van der Waals surface area contributed by atoms with Gasteiger partial charge >= 0.3 is 0 Å². The molecule has 0 atom stereocenters. The third-order valence-corrected chi connectivity index (χ3v) is 5.10. The Hall–Kier alpha value is -2.82. The molecule has 1 aromatic heterocycles. The van der Waals surface area contributed by atoms with E-state index in [0.29, 0.717) is 21.4 Å². The summed E-state index contributed by atoms with van der Waals surface area (Å²) in [6.45, 7) is 3.90. The van der Waals surface area contributed by atoms with Crippen LogP contribution in [0.4, 0.5) is 5.69 Å². The molecule has 3 aromatic rings. The number of anilines is 1. The van der Waals surface area contributed by atoms with Crippen LogP contribution in [-0.4, -0.2) is 26.4 Å². The predicted molar refractivity (Wildman–Crippen MR) is 106 cm³/mol. The van der Waals surface area contributed by atoms with E-state index in [1.165, 1.54) is 11.8 Å². The Balaban J connectivity index is 1.71. The second-order valence-corrected chi connectivity index (χ2v) is 7.14. The molecular formula is C19H16ClN5OS. The molecule has 3 rings (SSSR count). The first-order valence-corrected chi connectivity index (χ1v) is 9.46. The van der Waals surface area contributed by atoms with Crippen molar-refractivity contribution in [2.24, 2.45) is 0 Å². The van der Waals surface area contributed by atoms with Gasteiger partial charge in [-0.05, 0) is 43.7 Å². The van der Waals surface area contributed by atoms with Crippen LogP contribution in [-0.2, 0) is 4.79 Å². The van der Waals surface area contributed by atoms with E-state index in [1.54, 1.807) is 18.2 Å². The molecule has 27 heavy (non-hydrogen) atoms. The average Bonchev–Trinajstić information content (AvgIpc) is 3.01. The highest BCUT2D eigenvalue weighted by Crippen LogP contribution is 2.24. The number of hydrogen-bond donors (Lipinski definition) is 1. The highest BCUT2D eigenvalue weighted by atomic mass is 35.5. The quantitative estimate of drug-likeness (QED) is 0.654. The number of aryl methyl sites for hydroxylation is 2. The van der Waals surface area contributed by atoms with Crippen LogP contribution >= 0.6 is 23.4 Å². The van der Waals surface area contributed by atoms with Crippen LogP contribution in [0.5, 0.6) is 0 Å². The van der Waals surface area contributed by atoms with Crippen molar-refractivity contribution in [1.82, 2.24) is 14.8 Å². The molecule has 0 unspecified atom stereocenters. The van der Waals surface area contributed by atoms with Crippen molar-refractivity contribution in [3.63, 3.8) is 0 Å². The van der Waals surface area contributed by atoms with Gasteiger partial charge in [0.15, 0.2) is 5.16 Å². The minimum Gasteiger partial charge on any atom is -0.325 e. The van der Waals surface area contributed by atoms with Crippen molar-refractivity contribution < 1.29 is 4.79 Å². The number of carbonyl (C=O) groups is 1. The summed E-state index contributed by atoms with van der Waals surface area (Å²) >= 11 is 7.29. The van der Waals surface area contributed by atoms with Gasteiger partial charge in [0.2, 0.25) is 5.91 Å². The van der Waals surface area contributed by atoms with E-state index in [4.69, 9.17) is 16.9 Å². The summed E-state index contributed by atoms with van der Waals surface area (Å²) in [6.07, 6.45) is 0. The van der Waals surface area contributed by atoms with E-state index in [2.05, 4.69) is 15.5 Å². The van der Waals surface area contributed by atoms with E-state index < -0.39 is 0 Å². The number of para-hydroxylation sites is 1. The number of halogens is 1. The van der Waals surface area contributed by atoms with E-state index >= 15 is 0 Å². The summed E-state index contributed by atoms with van der Waals surface area (Å²) in [6, 6.07) is 14.7. The SMILES string of the molecule is Cc1ccccc1-n1c(C)nnc1SCC(=O)Nc1ccc(C#N)c(Cl)c1. The molecular weight excluding hydrogens is 382 g/mol. The standard InChI is InChI=1S/C19H16ClN5OS/c1-12-5-3-4-6-17(12)25-13(2)23-24-19(25)27-11-18(26)22-15-8-7-14(10-21)16(20)9-15/h3-9H,11H2,1-2H3,(H,22,26). The second-order valence-electron chi connectivity index (χ2n) is 5.79. The Bertz CT molecular complexity index is 1040. The smallest absolute Gasteiger partial charge is 0.234 e. The first-order chi connectivity index (χ1) is 13.0. The van der Waals surface area contributed by atoms with Crippen molar-refractivity contribution in [1.29, 1.82) is 5.26 Å².